The van der Waals surface area contributed by atoms with Crippen molar-refractivity contribution in [1.29, 1.82) is 0 Å². The van der Waals surface area contributed by atoms with Crippen molar-refractivity contribution >= 4 is 24.0 Å². The minimum absolute atomic E-state index is 0.0916. The Morgan fingerprint density at radius 2 is 2.11 bits per heavy atom. The van der Waals surface area contributed by atoms with Crippen LogP contribution in [0.15, 0.2) is 30.3 Å². The lowest BCUT2D eigenvalue weighted by Crippen LogP contribution is -2.44. The van der Waals surface area contributed by atoms with E-state index in [2.05, 4.69) is 0 Å². The van der Waals surface area contributed by atoms with E-state index in [0.29, 0.717) is 6.29 Å². The Labute approximate surface area is 116 Å². The molecule has 1 rings (SSSR count). The summed E-state index contributed by atoms with van der Waals surface area (Å²) in [4.78, 5) is 22.6. The molecule has 0 spiro atoms. The lowest BCUT2D eigenvalue weighted by molar-refractivity contribution is -0.149. The topological polar surface area (TPSA) is 89.6 Å². The molecule has 0 aliphatic rings. The first-order valence-corrected chi connectivity index (χ1v) is 7.01. The Hall–Kier alpha value is -1.37. The summed E-state index contributed by atoms with van der Waals surface area (Å²) in [5, 5.41) is 9.57. The van der Waals surface area contributed by atoms with Crippen molar-refractivity contribution in [2.45, 2.75) is 18.1 Å². The number of benzene rings is 1. The summed E-state index contributed by atoms with van der Waals surface area (Å²) in [5.74, 6) is -1.67. The summed E-state index contributed by atoms with van der Waals surface area (Å²) in [6.07, 6.45) is 2.11. The van der Waals surface area contributed by atoms with Gasteiger partial charge in [0.05, 0.1) is 5.92 Å². The third-order valence-electron chi connectivity index (χ3n) is 2.64. The van der Waals surface area contributed by atoms with E-state index >= 15 is 0 Å². The zero-order chi connectivity index (χ0) is 14.3. The fraction of sp³-hybridized carbons (Fsp3) is 0.385. The Bertz CT molecular complexity index is 412. The van der Waals surface area contributed by atoms with Crippen LogP contribution >= 0.6 is 11.8 Å². The molecule has 5 nitrogen and oxygen atoms in total. The van der Waals surface area contributed by atoms with Gasteiger partial charge in [-0.2, -0.15) is 0 Å². The number of rotatable bonds is 7. The summed E-state index contributed by atoms with van der Waals surface area (Å²) in [6, 6.07) is 7.97. The number of aldehydes is 1. The van der Waals surface area contributed by atoms with Crippen LogP contribution in [-0.2, 0) is 20.9 Å². The third kappa shape index (κ3) is 4.66. The average Bonchev–Trinajstić information content (AvgIpc) is 2.46. The molecule has 6 heteroatoms. The Morgan fingerprint density at radius 1 is 1.47 bits per heavy atom. The summed E-state index contributed by atoms with van der Waals surface area (Å²) in [6.45, 7) is 0.0916. The van der Waals surface area contributed by atoms with E-state index in [0.717, 1.165) is 17.3 Å². The van der Waals surface area contributed by atoms with Crippen molar-refractivity contribution in [3.8, 4) is 0 Å². The van der Waals surface area contributed by atoms with E-state index in [-0.39, 0.29) is 6.61 Å². The van der Waals surface area contributed by atoms with Crippen LogP contribution in [0, 0.1) is 5.92 Å². The highest BCUT2D eigenvalue weighted by Gasteiger charge is 2.31. The van der Waals surface area contributed by atoms with Crippen LogP contribution in [-0.4, -0.2) is 35.1 Å². The fourth-order valence-corrected chi connectivity index (χ4v) is 2.02. The predicted molar refractivity (Wildman–Crippen MR) is 73.3 cm³/mol. The highest BCUT2D eigenvalue weighted by atomic mass is 32.2. The third-order valence-corrected chi connectivity index (χ3v) is 3.44. The molecular formula is C13H17NO4S. The molecular weight excluding hydrogens is 266 g/mol. The second-order valence-corrected chi connectivity index (χ2v) is 4.91. The van der Waals surface area contributed by atoms with Gasteiger partial charge in [0.25, 0.3) is 0 Å². The molecule has 1 aromatic carbocycles. The molecule has 0 saturated carbocycles. The molecule has 3 atom stereocenters. The standard InChI is InChI=1S/C13H17NO4S/c1-19-13(17)10(7-15)11(14)12(16)18-8-9-5-3-2-4-6-9/h2-7,10-11,13,17H,8,14H2,1H3/t10?,11-,13?/m0/s1. The first-order chi connectivity index (χ1) is 9.10. The summed E-state index contributed by atoms with van der Waals surface area (Å²) in [5.41, 5.74) is 5.45. The number of nitrogens with two attached hydrogens (primary N) is 1. The van der Waals surface area contributed by atoms with Crippen LogP contribution in [0.2, 0.25) is 0 Å². The van der Waals surface area contributed by atoms with Gasteiger partial charge in [-0.25, -0.2) is 0 Å². The second kappa shape index (κ2) is 7.93. The Morgan fingerprint density at radius 3 is 2.63 bits per heavy atom. The van der Waals surface area contributed by atoms with Crippen LogP contribution in [0.25, 0.3) is 0 Å². The molecule has 104 valence electrons. The average molecular weight is 283 g/mol. The first-order valence-electron chi connectivity index (χ1n) is 5.72. The smallest absolute Gasteiger partial charge is 0.324 e. The van der Waals surface area contributed by atoms with Crippen LogP contribution < -0.4 is 5.73 Å². The number of esters is 1. The molecule has 0 saturated heterocycles. The Balaban J connectivity index is 2.54. The molecule has 0 aliphatic heterocycles. The van der Waals surface area contributed by atoms with Gasteiger partial charge in [-0.3, -0.25) is 4.79 Å². The lowest BCUT2D eigenvalue weighted by Gasteiger charge is -2.21. The minimum Gasteiger partial charge on any atom is -0.460 e. The van der Waals surface area contributed by atoms with Crippen molar-refractivity contribution in [2.75, 3.05) is 6.26 Å². The lowest BCUT2D eigenvalue weighted by atomic mass is 10.0. The van der Waals surface area contributed by atoms with E-state index in [9.17, 15) is 14.7 Å². The van der Waals surface area contributed by atoms with Crippen LogP contribution in [0.5, 0.6) is 0 Å². The molecule has 3 N–H and O–H groups in total. The van der Waals surface area contributed by atoms with Gasteiger partial charge in [0.1, 0.15) is 24.4 Å². The van der Waals surface area contributed by atoms with Gasteiger partial charge in [0.15, 0.2) is 0 Å². The largest absolute Gasteiger partial charge is 0.460 e. The number of aliphatic hydroxyl groups is 1. The first kappa shape index (κ1) is 15.7. The predicted octanol–water partition coefficient (Wildman–Crippen LogP) is 0.554. The van der Waals surface area contributed by atoms with Crippen molar-refractivity contribution in [3.63, 3.8) is 0 Å². The molecule has 0 radical (unpaired) electrons. The number of carbonyl (C=O) groups excluding carboxylic acids is 2. The highest BCUT2D eigenvalue weighted by molar-refractivity contribution is 7.99. The van der Waals surface area contributed by atoms with E-state index in [4.69, 9.17) is 10.5 Å². The number of aliphatic hydroxyl groups excluding tert-OH is 1. The maximum absolute atomic E-state index is 11.7. The van der Waals surface area contributed by atoms with E-state index in [1.54, 1.807) is 6.26 Å². The molecule has 1 aromatic rings. The van der Waals surface area contributed by atoms with Gasteiger partial charge in [-0.15, -0.1) is 11.8 Å². The number of hydrogen-bond acceptors (Lipinski definition) is 6. The molecule has 19 heavy (non-hydrogen) atoms. The van der Waals surface area contributed by atoms with Gasteiger partial charge < -0.3 is 20.4 Å². The molecule has 0 aliphatic carbocycles. The van der Waals surface area contributed by atoms with Crippen LogP contribution in [0.1, 0.15) is 5.56 Å². The van der Waals surface area contributed by atoms with Crippen molar-refractivity contribution in [1.82, 2.24) is 0 Å². The van der Waals surface area contributed by atoms with E-state index < -0.39 is 23.4 Å². The maximum Gasteiger partial charge on any atom is 0.324 e. The van der Waals surface area contributed by atoms with E-state index in [1.165, 1.54) is 0 Å². The van der Waals surface area contributed by atoms with Crippen LogP contribution in [0.3, 0.4) is 0 Å². The zero-order valence-corrected chi connectivity index (χ0v) is 11.4. The molecule has 0 heterocycles. The van der Waals surface area contributed by atoms with Crippen LogP contribution in [0.4, 0.5) is 0 Å². The van der Waals surface area contributed by atoms with Gasteiger partial charge in [-0.05, 0) is 11.8 Å². The Kier molecular flexibility index (Phi) is 6.55. The zero-order valence-electron chi connectivity index (χ0n) is 10.6. The fourth-order valence-electron chi connectivity index (χ4n) is 1.47. The molecule has 0 amide bonds. The number of thioether (sulfide) groups is 1. The SMILES string of the molecule is CSC(O)C(C=O)[C@H](N)C(=O)OCc1ccccc1. The van der Waals surface area contributed by atoms with Crippen molar-refractivity contribution < 1.29 is 19.4 Å². The van der Waals surface area contributed by atoms with Gasteiger partial charge in [0, 0.05) is 0 Å². The number of carbonyl (C=O) groups is 2. The molecule has 2 unspecified atom stereocenters. The molecule has 0 bridgehead atoms. The maximum atomic E-state index is 11.7. The normalized spacial score (nSPS) is 15.3. The number of ether oxygens (including phenoxy) is 1. The highest BCUT2D eigenvalue weighted by Crippen LogP contribution is 2.16. The van der Waals surface area contributed by atoms with Crippen molar-refractivity contribution in [2.24, 2.45) is 11.7 Å². The summed E-state index contributed by atoms with van der Waals surface area (Å²) >= 11 is 1.05. The number of hydrogen-bond donors (Lipinski definition) is 2. The molecule has 0 aromatic heterocycles. The summed E-state index contributed by atoms with van der Waals surface area (Å²) < 4.78 is 5.02. The van der Waals surface area contributed by atoms with Crippen molar-refractivity contribution in [3.05, 3.63) is 35.9 Å². The molecule has 0 fully saturated rings. The monoisotopic (exact) mass is 283 g/mol. The van der Waals surface area contributed by atoms with Gasteiger partial charge in [0.2, 0.25) is 0 Å². The minimum atomic E-state index is -1.16. The quantitative estimate of drug-likeness (QED) is 0.431. The summed E-state index contributed by atoms with van der Waals surface area (Å²) in [7, 11) is 0. The van der Waals surface area contributed by atoms with Gasteiger partial charge in [-0.1, -0.05) is 30.3 Å². The second-order valence-electron chi connectivity index (χ2n) is 3.96. The van der Waals surface area contributed by atoms with Gasteiger partial charge >= 0.3 is 5.97 Å². The van der Waals surface area contributed by atoms with E-state index in [1.807, 2.05) is 30.3 Å².